The molecule has 0 atom stereocenters. The van der Waals surface area contributed by atoms with Gasteiger partial charge < -0.3 is 15.4 Å². The summed E-state index contributed by atoms with van der Waals surface area (Å²) in [6, 6.07) is 4.67. The number of benzene rings is 1. The lowest BCUT2D eigenvalue weighted by atomic mass is 10.2. The van der Waals surface area contributed by atoms with Crippen LogP contribution in [0.3, 0.4) is 0 Å². The summed E-state index contributed by atoms with van der Waals surface area (Å²) in [5.41, 5.74) is 0.898. The van der Waals surface area contributed by atoms with Crippen molar-refractivity contribution in [1.82, 2.24) is 10.6 Å². The van der Waals surface area contributed by atoms with Crippen LogP contribution in [-0.2, 0) is 11.3 Å². The lowest BCUT2D eigenvalue weighted by molar-refractivity contribution is 0.108. The van der Waals surface area contributed by atoms with E-state index in [0.717, 1.165) is 31.7 Å². The molecule has 0 amide bonds. The normalized spacial score (nSPS) is 11.3. The van der Waals surface area contributed by atoms with Crippen LogP contribution in [0.25, 0.3) is 0 Å². The summed E-state index contributed by atoms with van der Waals surface area (Å²) in [7, 11) is 1.71. The predicted molar refractivity (Wildman–Crippen MR) is 105 cm³/mol. The number of halogens is 3. The maximum absolute atomic E-state index is 13.1. The number of hydrogen-bond donors (Lipinski definition) is 2. The third-order valence-electron chi connectivity index (χ3n) is 2.88. The molecule has 0 aliphatic heterocycles. The smallest absolute Gasteiger partial charge is 0.191 e. The minimum absolute atomic E-state index is 0. The van der Waals surface area contributed by atoms with Gasteiger partial charge in [0.25, 0.3) is 0 Å². The fourth-order valence-corrected chi connectivity index (χ4v) is 1.96. The van der Waals surface area contributed by atoms with Crippen LogP contribution in [0.4, 0.5) is 4.39 Å². The standard InChI is InChI=1S/C16H25ClFN3O.HI/c1-12(2)11-22-8-4-7-20-16(19-3)21-10-13-5-6-15(18)14(17)9-13;/h5-6,9,12H,4,7-8,10-11H2,1-3H3,(H2,19,20,21);1H. The Kier molecular flexibility index (Phi) is 12.4. The molecule has 1 aromatic rings. The summed E-state index contributed by atoms with van der Waals surface area (Å²) in [4.78, 5) is 4.14. The molecular formula is C16H26ClFIN3O. The third-order valence-corrected chi connectivity index (χ3v) is 3.17. The first-order chi connectivity index (χ1) is 10.5. The molecule has 0 bridgehead atoms. The van der Waals surface area contributed by atoms with Crippen LogP contribution in [0.2, 0.25) is 5.02 Å². The Morgan fingerprint density at radius 2 is 2.09 bits per heavy atom. The second kappa shape index (κ2) is 12.8. The van der Waals surface area contributed by atoms with E-state index in [1.807, 2.05) is 0 Å². The van der Waals surface area contributed by atoms with Crippen LogP contribution < -0.4 is 10.6 Å². The quantitative estimate of drug-likeness (QED) is 0.270. The first kappa shape index (κ1) is 22.4. The number of rotatable bonds is 8. The highest BCUT2D eigenvalue weighted by Gasteiger charge is 2.02. The molecule has 0 saturated heterocycles. The van der Waals surface area contributed by atoms with E-state index in [1.165, 1.54) is 6.07 Å². The van der Waals surface area contributed by atoms with E-state index in [0.29, 0.717) is 18.4 Å². The molecular weight excluding hydrogens is 432 g/mol. The van der Waals surface area contributed by atoms with Gasteiger partial charge in [0, 0.05) is 33.4 Å². The van der Waals surface area contributed by atoms with E-state index in [4.69, 9.17) is 16.3 Å². The Morgan fingerprint density at radius 1 is 1.35 bits per heavy atom. The van der Waals surface area contributed by atoms with Gasteiger partial charge in [-0.1, -0.05) is 31.5 Å². The molecule has 0 unspecified atom stereocenters. The first-order valence-corrected chi connectivity index (χ1v) is 7.87. The maximum atomic E-state index is 13.1. The minimum Gasteiger partial charge on any atom is -0.381 e. The zero-order valence-corrected chi connectivity index (χ0v) is 17.0. The summed E-state index contributed by atoms with van der Waals surface area (Å²) in [6.07, 6.45) is 0.912. The molecule has 0 aromatic heterocycles. The zero-order chi connectivity index (χ0) is 16.4. The monoisotopic (exact) mass is 457 g/mol. The second-order valence-electron chi connectivity index (χ2n) is 5.42. The van der Waals surface area contributed by atoms with E-state index in [1.54, 1.807) is 19.2 Å². The number of nitrogens with one attached hydrogen (secondary N) is 2. The molecule has 132 valence electrons. The van der Waals surface area contributed by atoms with Crippen molar-refractivity contribution in [2.45, 2.75) is 26.8 Å². The van der Waals surface area contributed by atoms with Gasteiger partial charge in [-0.25, -0.2) is 4.39 Å². The highest BCUT2D eigenvalue weighted by molar-refractivity contribution is 14.0. The number of guanidine groups is 1. The number of nitrogens with zero attached hydrogens (tertiary/aromatic N) is 1. The van der Waals surface area contributed by atoms with Crippen molar-refractivity contribution >= 4 is 41.5 Å². The number of hydrogen-bond acceptors (Lipinski definition) is 2. The zero-order valence-electron chi connectivity index (χ0n) is 13.9. The molecule has 23 heavy (non-hydrogen) atoms. The van der Waals surface area contributed by atoms with Crippen LogP contribution in [-0.4, -0.2) is 32.8 Å². The molecule has 2 N–H and O–H groups in total. The van der Waals surface area contributed by atoms with Crippen molar-refractivity contribution in [2.24, 2.45) is 10.9 Å². The Hall–Kier alpha value is -0.600. The summed E-state index contributed by atoms with van der Waals surface area (Å²) >= 11 is 5.75. The fourth-order valence-electron chi connectivity index (χ4n) is 1.76. The second-order valence-corrected chi connectivity index (χ2v) is 5.83. The summed E-state index contributed by atoms with van der Waals surface area (Å²) < 4.78 is 18.6. The molecule has 0 aliphatic rings. The summed E-state index contributed by atoms with van der Waals surface area (Å²) in [5.74, 6) is 0.851. The molecule has 1 rings (SSSR count). The summed E-state index contributed by atoms with van der Waals surface area (Å²) in [6.45, 7) is 7.09. The van der Waals surface area contributed by atoms with Crippen LogP contribution in [0.5, 0.6) is 0 Å². The van der Waals surface area contributed by atoms with Crippen LogP contribution in [0, 0.1) is 11.7 Å². The van der Waals surface area contributed by atoms with Crippen molar-refractivity contribution in [3.63, 3.8) is 0 Å². The number of ether oxygens (including phenoxy) is 1. The van der Waals surface area contributed by atoms with Gasteiger partial charge in [0.2, 0.25) is 0 Å². The SMILES string of the molecule is CN=C(NCCCOCC(C)C)NCc1ccc(F)c(Cl)c1.I. The van der Waals surface area contributed by atoms with Crippen molar-refractivity contribution in [3.8, 4) is 0 Å². The van der Waals surface area contributed by atoms with Crippen LogP contribution in [0.1, 0.15) is 25.8 Å². The van der Waals surface area contributed by atoms with Crippen molar-refractivity contribution in [2.75, 3.05) is 26.8 Å². The molecule has 7 heteroatoms. The molecule has 4 nitrogen and oxygen atoms in total. The Labute approximate surface area is 160 Å². The van der Waals surface area contributed by atoms with Crippen molar-refractivity contribution in [3.05, 3.63) is 34.6 Å². The highest BCUT2D eigenvalue weighted by Crippen LogP contribution is 2.15. The molecule has 0 radical (unpaired) electrons. The summed E-state index contributed by atoms with van der Waals surface area (Å²) in [5, 5.41) is 6.49. The Morgan fingerprint density at radius 3 is 2.70 bits per heavy atom. The first-order valence-electron chi connectivity index (χ1n) is 7.49. The largest absolute Gasteiger partial charge is 0.381 e. The van der Waals surface area contributed by atoms with Crippen molar-refractivity contribution < 1.29 is 9.13 Å². The average molecular weight is 458 g/mol. The van der Waals surface area contributed by atoms with Gasteiger partial charge in [-0.05, 0) is 30.0 Å². The maximum Gasteiger partial charge on any atom is 0.191 e. The molecule has 0 fully saturated rings. The van der Waals surface area contributed by atoms with E-state index in [2.05, 4.69) is 29.5 Å². The lowest BCUT2D eigenvalue weighted by Gasteiger charge is -2.12. The Bertz CT molecular complexity index is 486. The van der Waals surface area contributed by atoms with Gasteiger partial charge in [-0.3, -0.25) is 4.99 Å². The van der Waals surface area contributed by atoms with E-state index < -0.39 is 5.82 Å². The molecule has 0 spiro atoms. The van der Waals surface area contributed by atoms with Crippen LogP contribution >= 0.6 is 35.6 Å². The third kappa shape index (κ3) is 9.99. The van der Waals surface area contributed by atoms with Gasteiger partial charge in [0.15, 0.2) is 5.96 Å². The number of aliphatic imine (C=N–C) groups is 1. The van der Waals surface area contributed by atoms with E-state index in [9.17, 15) is 4.39 Å². The lowest BCUT2D eigenvalue weighted by Crippen LogP contribution is -2.37. The molecule has 1 aromatic carbocycles. The van der Waals surface area contributed by atoms with Gasteiger partial charge in [0.1, 0.15) is 5.82 Å². The van der Waals surface area contributed by atoms with Crippen molar-refractivity contribution in [1.29, 1.82) is 0 Å². The van der Waals surface area contributed by atoms with Gasteiger partial charge >= 0.3 is 0 Å². The predicted octanol–water partition coefficient (Wildman–Crippen LogP) is 3.82. The highest BCUT2D eigenvalue weighted by atomic mass is 127. The van der Waals surface area contributed by atoms with Gasteiger partial charge in [0.05, 0.1) is 5.02 Å². The van der Waals surface area contributed by atoms with Gasteiger partial charge in [-0.2, -0.15) is 0 Å². The molecule has 0 aliphatic carbocycles. The molecule has 0 heterocycles. The van der Waals surface area contributed by atoms with E-state index in [-0.39, 0.29) is 29.0 Å². The average Bonchev–Trinajstić information content (AvgIpc) is 2.49. The fraction of sp³-hybridized carbons (Fsp3) is 0.562. The van der Waals surface area contributed by atoms with E-state index >= 15 is 0 Å². The topological polar surface area (TPSA) is 45.7 Å². The minimum atomic E-state index is -0.408. The van der Waals surface area contributed by atoms with Crippen LogP contribution in [0.15, 0.2) is 23.2 Å². The Balaban J connectivity index is 0.00000484. The molecule has 0 saturated carbocycles. The van der Waals surface area contributed by atoms with Gasteiger partial charge in [-0.15, -0.1) is 24.0 Å².